The van der Waals surface area contributed by atoms with E-state index in [1.165, 1.54) is 5.56 Å². The highest BCUT2D eigenvalue weighted by Gasteiger charge is 2.17. The standard InChI is InChI=1S/C22H20ClNO/c1-14-12-15(2)21(16(3)13-14)22(17-8-4-7-11-20(17)25)24-19-10-6-5-9-18(19)23/h4-13,25H,1-3H3. The number of halogens is 1. The Morgan fingerprint density at radius 2 is 1.48 bits per heavy atom. The molecular formula is C22H20ClNO. The molecule has 126 valence electrons. The molecule has 0 unspecified atom stereocenters. The molecule has 25 heavy (non-hydrogen) atoms. The average Bonchev–Trinajstić information content (AvgIpc) is 2.55. The molecule has 3 aromatic rings. The lowest BCUT2D eigenvalue weighted by Crippen LogP contribution is -2.08. The predicted octanol–water partition coefficient (Wildman–Crippen LogP) is 6.14. The van der Waals surface area contributed by atoms with Gasteiger partial charge in [0.05, 0.1) is 16.4 Å². The molecule has 0 aromatic heterocycles. The molecule has 0 aliphatic carbocycles. The van der Waals surface area contributed by atoms with E-state index in [1.807, 2.05) is 36.4 Å². The summed E-state index contributed by atoms with van der Waals surface area (Å²) in [6.07, 6.45) is 0. The maximum Gasteiger partial charge on any atom is 0.124 e. The number of benzene rings is 3. The van der Waals surface area contributed by atoms with Crippen LogP contribution in [-0.4, -0.2) is 10.8 Å². The highest BCUT2D eigenvalue weighted by Crippen LogP contribution is 2.30. The van der Waals surface area contributed by atoms with Gasteiger partial charge in [0.15, 0.2) is 0 Å². The van der Waals surface area contributed by atoms with Crippen LogP contribution < -0.4 is 0 Å². The number of aliphatic imine (C=N–C) groups is 1. The first kappa shape index (κ1) is 17.2. The summed E-state index contributed by atoms with van der Waals surface area (Å²) in [5.41, 5.74) is 6.55. The summed E-state index contributed by atoms with van der Waals surface area (Å²) in [4.78, 5) is 4.84. The summed E-state index contributed by atoms with van der Waals surface area (Å²) in [5.74, 6) is 0.202. The molecule has 0 saturated carbocycles. The van der Waals surface area contributed by atoms with Crippen molar-refractivity contribution in [3.63, 3.8) is 0 Å². The Morgan fingerprint density at radius 1 is 0.880 bits per heavy atom. The van der Waals surface area contributed by atoms with Crippen LogP contribution in [0.2, 0.25) is 5.02 Å². The quantitative estimate of drug-likeness (QED) is 0.566. The molecule has 0 atom stereocenters. The largest absolute Gasteiger partial charge is 0.507 e. The second kappa shape index (κ2) is 7.12. The third-order valence-electron chi connectivity index (χ3n) is 4.16. The van der Waals surface area contributed by atoms with Crippen molar-refractivity contribution in [3.8, 4) is 5.75 Å². The lowest BCUT2D eigenvalue weighted by Gasteiger charge is -2.16. The van der Waals surface area contributed by atoms with Crippen molar-refractivity contribution < 1.29 is 5.11 Å². The Morgan fingerprint density at radius 3 is 2.12 bits per heavy atom. The number of hydrogen-bond acceptors (Lipinski definition) is 2. The van der Waals surface area contributed by atoms with E-state index in [9.17, 15) is 5.11 Å². The lowest BCUT2D eigenvalue weighted by atomic mass is 9.92. The van der Waals surface area contributed by atoms with Crippen LogP contribution >= 0.6 is 11.6 Å². The van der Waals surface area contributed by atoms with Crippen LogP contribution in [0.3, 0.4) is 0 Å². The SMILES string of the molecule is Cc1cc(C)c(C(=Nc2ccccc2Cl)c2ccccc2O)c(C)c1. The Hall–Kier alpha value is -2.58. The van der Waals surface area contributed by atoms with E-state index < -0.39 is 0 Å². The van der Waals surface area contributed by atoms with Crippen LogP contribution in [0.1, 0.15) is 27.8 Å². The first-order chi connectivity index (χ1) is 12.0. The van der Waals surface area contributed by atoms with Gasteiger partial charge in [0, 0.05) is 11.1 Å². The van der Waals surface area contributed by atoms with Crippen molar-refractivity contribution in [1.82, 2.24) is 0 Å². The number of aromatic hydroxyl groups is 1. The van der Waals surface area contributed by atoms with Gasteiger partial charge in [-0.15, -0.1) is 0 Å². The van der Waals surface area contributed by atoms with Gasteiger partial charge in [0.25, 0.3) is 0 Å². The van der Waals surface area contributed by atoms with Gasteiger partial charge in [-0.1, -0.05) is 53.6 Å². The summed E-state index contributed by atoms with van der Waals surface area (Å²) < 4.78 is 0. The molecule has 3 heteroatoms. The van der Waals surface area contributed by atoms with Crippen LogP contribution in [0, 0.1) is 20.8 Å². The number of para-hydroxylation sites is 2. The second-order valence-electron chi connectivity index (χ2n) is 6.20. The summed E-state index contributed by atoms with van der Waals surface area (Å²) in [5, 5.41) is 11.0. The van der Waals surface area contributed by atoms with E-state index in [-0.39, 0.29) is 5.75 Å². The monoisotopic (exact) mass is 349 g/mol. The zero-order chi connectivity index (χ0) is 18.0. The average molecular weight is 350 g/mol. The topological polar surface area (TPSA) is 32.6 Å². The molecule has 0 saturated heterocycles. The van der Waals surface area contributed by atoms with Gasteiger partial charge in [-0.25, -0.2) is 4.99 Å². The highest BCUT2D eigenvalue weighted by atomic mass is 35.5. The molecule has 0 amide bonds. The maximum absolute atomic E-state index is 10.4. The Labute approximate surface area is 153 Å². The third-order valence-corrected chi connectivity index (χ3v) is 4.48. The molecule has 0 bridgehead atoms. The van der Waals surface area contributed by atoms with Gasteiger partial charge in [-0.05, 0) is 56.2 Å². The van der Waals surface area contributed by atoms with Gasteiger partial charge in [-0.3, -0.25) is 0 Å². The molecule has 0 heterocycles. The normalized spacial score (nSPS) is 11.6. The number of rotatable bonds is 3. The molecule has 2 nitrogen and oxygen atoms in total. The predicted molar refractivity (Wildman–Crippen MR) is 106 cm³/mol. The van der Waals surface area contributed by atoms with Gasteiger partial charge in [-0.2, -0.15) is 0 Å². The fraction of sp³-hybridized carbons (Fsp3) is 0.136. The minimum absolute atomic E-state index is 0.202. The van der Waals surface area contributed by atoms with E-state index in [2.05, 4.69) is 32.9 Å². The van der Waals surface area contributed by atoms with Crippen molar-refractivity contribution in [2.24, 2.45) is 4.99 Å². The van der Waals surface area contributed by atoms with Crippen LogP contribution in [0.5, 0.6) is 5.75 Å². The minimum Gasteiger partial charge on any atom is -0.507 e. The van der Waals surface area contributed by atoms with E-state index >= 15 is 0 Å². The Balaban J connectivity index is 2.32. The summed E-state index contributed by atoms with van der Waals surface area (Å²) in [6.45, 7) is 6.21. The van der Waals surface area contributed by atoms with Crippen molar-refractivity contribution in [2.45, 2.75) is 20.8 Å². The first-order valence-corrected chi connectivity index (χ1v) is 8.55. The van der Waals surface area contributed by atoms with Gasteiger partial charge >= 0.3 is 0 Å². The second-order valence-corrected chi connectivity index (χ2v) is 6.61. The number of nitrogens with zero attached hydrogens (tertiary/aromatic N) is 1. The smallest absolute Gasteiger partial charge is 0.124 e. The molecule has 1 N–H and O–H groups in total. The Kier molecular flexibility index (Phi) is 4.91. The highest BCUT2D eigenvalue weighted by molar-refractivity contribution is 6.33. The minimum atomic E-state index is 0.202. The molecule has 3 rings (SSSR count). The van der Waals surface area contributed by atoms with Crippen molar-refractivity contribution in [2.75, 3.05) is 0 Å². The van der Waals surface area contributed by atoms with Crippen molar-refractivity contribution in [1.29, 1.82) is 0 Å². The number of phenolic OH excluding ortho intramolecular Hbond substituents is 1. The van der Waals surface area contributed by atoms with Crippen LogP contribution in [-0.2, 0) is 0 Å². The number of phenols is 1. The zero-order valence-electron chi connectivity index (χ0n) is 14.5. The molecule has 0 radical (unpaired) electrons. The van der Waals surface area contributed by atoms with Gasteiger partial charge < -0.3 is 5.11 Å². The fourth-order valence-electron chi connectivity index (χ4n) is 3.14. The number of hydrogen-bond donors (Lipinski definition) is 1. The van der Waals surface area contributed by atoms with Crippen molar-refractivity contribution in [3.05, 3.63) is 93.5 Å². The molecule has 0 spiro atoms. The fourth-order valence-corrected chi connectivity index (χ4v) is 3.32. The van der Waals surface area contributed by atoms with E-state index in [0.29, 0.717) is 16.3 Å². The lowest BCUT2D eigenvalue weighted by molar-refractivity contribution is 0.474. The third kappa shape index (κ3) is 3.59. The van der Waals surface area contributed by atoms with Crippen LogP contribution in [0.15, 0.2) is 65.7 Å². The first-order valence-electron chi connectivity index (χ1n) is 8.17. The zero-order valence-corrected chi connectivity index (χ0v) is 15.3. The summed E-state index contributed by atoms with van der Waals surface area (Å²) >= 11 is 6.32. The molecule has 0 fully saturated rings. The molecule has 3 aromatic carbocycles. The van der Waals surface area contributed by atoms with Gasteiger partial charge in [0.1, 0.15) is 5.75 Å². The molecule has 0 aliphatic rings. The van der Waals surface area contributed by atoms with Crippen LogP contribution in [0.4, 0.5) is 5.69 Å². The summed E-state index contributed by atoms with van der Waals surface area (Å²) in [6, 6.07) is 19.0. The van der Waals surface area contributed by atoms with Gasteiger partial charge in [0.2, 0.25) is 0 Å². The van der Waals surface area contributed by atoms with E-state index in [4.69, 9.17) is 16.6 Å². The Bertz CT molecular complexity index is 937. The number of aryl methyl sites for hydroxylation is 3. The molecular weight excluding hydrogens is 330 g/mol. The maximum atomic E-state index is 10.4. The van der Waals surface area contributed by atoms with E-state index in [0.717, 1.165) is 22.4 Å². The van der Waals surface area contributed by atoms with E-state index in [1.54, 1.807) is 12.1 Å². The molecule has 0 aliphatic heterocycles. The van der Waals surface area contributed by atoms with Crippen LogP contribution in [0.25, 0.3) is 0 Å². The van der Waals surface area contributed by atoms with Crippen molar-refractivity contribution >= 4 is 23.0 Å². The summed E-state index contributed by atoms with van der Waals surface area (Å²) in [7, 11) is 0.